The monoisotopic (exact) mass is 416 g/mol. The van der Waals surface area contributed by atoms with Gasteiger partial charge in [0.25, 0.3) is 0 Å². The summed E-state index contributed by atoms with van der Waals surface area (Å²) >= 11 is 5.97. The molecule has 6 nitrogen and oxygen atoms in total. The minimum Gasteiger partial charge on any atom is -0.497 e. The zero-order valence-corrected chi connectivity index (χ0v) is 17.5. The zero-order valence-electron chi connectivity index (χ0n) is 16.7. The molecule has 1 aromatic carbocycles. The smallest absolute Gasteiger partial charge is 0.311 e. The van der Waals surface area contributed by atoms with Gasteiger partial charge in [-0.25, -0.2) is 0 Å². The highest BCUT2D eigenvalue weighted by atomic mass is 32.1. The normalized spacial score (nSPS) is 34.3. The summed E-state index contributed by atoms with van der Waals surface area (Å²) in [4.78, 5) is 17.0. The second-order valence-corrected chi connectivity index (χ2v) is 9.16. The molecular formula is C22H28N2O4S. The lowest BCUT2D eigenvalue weighted by atomic mass is 9.74. The summed E-state index contributed by atoms with van der Waals surface area (Å²) < 4.78 is 11.0. The first-order chi connectivity index (χ1) is 14.1. The maximum atomic E-state index is 12.6. The number of aliphatic hydroxyl groups is 1. The summed E-state index contributed by atoms with van der Waals surface area (Å²) in [6.07, 6.45) is 5.60. The third-order valence-corrected chi connectivity index (χ3v) is 7.60. The summed E-state index contributed by atoms with van der Waals surface area (Å²) in [5.74, 6) is 0.819. The standard InChI is InChI=1S/C22H28N2O4S/c1-27-15-9-7-14(8-10-15)24-18-16-11-17(25)20(28-21(16)26)19(18)23(22(24)29)12-13-5-3-2-4-6-13/h7-10,13,16-20,25H,2-6,11-12H2,1H3/t16-,17-,18-,19-,20+/m1/s1. The van der Waals surface area contributed by atoms with E-state index in [-0.39, 0.29) is 24.0 Å². The number of ether oxygens (including phenoxy) is 2. The zero-order chi connectivity index (χ0) is 20.1. The first-order valence-electron chi connectivity index (χ1n) is 10.7. The highest BCUT2D eigenvalue weighted by molar-refractivity contribution is 7.80. The molecule has 6 rings (SSSR count). The van der Waals surface area contributed by atoms with Crippen LogP contribution in [0.4, 0.5) is 5.69 Å². The maximum Gasteiger partial charge on any atom is 0.311 e. The van der Waals surface area contributed by atoms with E-state index >= 15 is 0 Å². The van der Waals surface area contributed by atoms with Gasteiger partial charge < -0.3 is 24.4 Å². The number of anilines is 1. The minimum atomic E-state index is -0.619. The molecule has 29 heavy (non-hydrogen) atoms. The molecule has 3 saturated heterocycles. The average molecular weight is 417 g/mol. The van der Waals surface area contributed by atoms with Crippen molar-refractivity contribution in [1.82, 2.24) is 4.90 Å². The number of rotatable bonds is 4. The second-order valence-electron chi connectivity index (χ2n) is 8.80. The second kappa shape index (κ2) is 7.43. The van der Waals surface area contributed by atoms with Crippen LogP contribution in [0.1, 0.15) is 38.5 Å². The Bertz CT molecular complexity index is 795. The van der Waals surface area contributed by atoms with E-state index in [4.69, 9.17) is 21.7 Å². The molecule has 5 atom stereocenters. The number of carbonyl (C=O) groups excluding carboxylic acids is 1. The molecule has 156 valence electrons. The molecule has 3 aliphatic heterocycles. The fraction of sp³-hybridized carbons (Fsp3) is 0.636. The van der Waals surface area contributed by atoms with E-state index in [1.54, 1.807) is 7.11 Å². The number of carbonyl (C=O) groups is 1. The van der Waals surface area contributed by atoms with Crippen LogP contribution in [0.25, 0.3) is 0 Å². The van der Waals surface area contributed by atoms with Crippen molar-refractivity contribution < 1.29 is 19.4 Å². The Morgan fingerprint density at radius 2 is 1.90 bits per heavy atom. The van der Waals surface area contributed by atoms with Crippen molar-refractivity contribution in [3.05, 3.63) is 24.3 Å². The Kier molecular flexibility index (Phi) is 4.90. The van der Waals surface area contributed by atoms with Crippen LogP contribution in [0.5, 0.6) is 5.75 Å². The van der Waals surface area contributed by atoms with Gasteiger partial charge in [-0.15, -0.1) is 0 Å². The average Bonchev–Trinajstić information content (AvgIpc) is 3.03. The van der Waals surface area contributed by atoms with Gasteiger partial charge in [0.05, 0.1) is 31.2 Å². The molecule has 0 amide bonds. The van der Waals surface area contributed by atoms with Crippen LogP contribution in [-0.4, -0.2) is 59.0 Å². The molecule has 7 heteroatoms. The number of fused-ring (bicyclic) bond motifs is 2. The Morgan fingerprint density at radius 3 is 2.59 bits per heavy atom. The van der Waals surface area contributed by atoms with E-state index in [9.17, 15) is 9.90 Å². The first-order valence-corrected chi connectivity index (χ1v) is 11.1. The predicted octanol–water partition coefficient (Wildman–Crippen LogP) is 2.73. The van der Waals surface area contributed by atoms with E-state index < -0.39 is 12.2 Å². The van der Waals surface area contributed by atoms with Crippen LogP contribution in [0.3, 0.4) is 0 Å². The third kappa shape index (κ3) is 3.10. The summed E-state index contributed by atoms with van der Waals surface area (Å²) in [7, 11) is 1.65. The molecule has 2 saturated carbocycles. The molecule has 0 radical (unpaired) electrons. The van der Waals surface area contributed by atoms with Crippen molar-refractivity contribution >= 4 is 29.0 Å². The molecule has 2 bridgehead atoms. The van der Waals surface area contributed by atoms with Crippen LogP contribution in [0.2, 0.25) is 0 Å². The SMILES string of the molecule is COc1ccc(N2C(=S)N(CC3CCCCC3)[C@H]3[C@H]4OC(=O)[C@H](C[C@H]4O)[C@H]32)cc1. The topological polar surface area (TPSA) is 62.2 Å². The lowest BCUT2D eigenvalue weighted by Gasteiger charge is -2.49. The fourth-order valence-electron chi connectivity index (χ4n) is 5.76. The molecule has 1 aromatic rings. The number of hydrogen-bond donors (Lipinski definition) is 1. The number of aliphatic hydroxyl groups excluding tert-OH is 1. The molecule has 0 spiro atoms. The maximum absolute atomic E-state index is 12.6. The van der Waals surface area contributed by atoms with Crippen molar-refractivity contribution in [1.29, 1.82) is 0 Å². The highest BCUT2D eigenvalue weighted by Crippen LogP contribution is 2.46. The van der Waals surface area contributed by atoms with Gasteiger partial charge in [-0.2, -0.15) is 0 Å². The molecule has 0 aromatic heterocycles. The van der Waals surface area contributed by atoms with Gasteiger partial charge in [-0.1, -0.05) is 19.3 Å². The lowest BCUT2D eigenvalue weighted by molar-refractivity contribution is -0.194. The summed E-state index contributed by atoms with van der Waals surface area (Å²) in [5.41, 5.74) is 0.965. The van der Waals surface area contributed by atoms with Gasteiger partial charge in [-0.3, -0.25) is 4.79 Å². The van der Waals surface area contributed by atoms with Crippen LogP contribution in [-0.2, 0) is 9.53 Å². The summed E-state index contributed by atoms with van der Waals surface area (Å²) in [6.45, 7) is 0.875. The molecule has 3 heterocycles. The fourth-order valence-corrected chi connectivity index (χ4v) is 6.18. The van der Waals surface area contributed by atoms with Crippen molar-refractivity contribution in [2.45, 2.75) is 62.8 Å². The molecule has 2 aliphatic carbocycles. The van der Waals surface area contributed by atoms with Gasteiger partial charge in [0.1, 0.15) is 11.9 Å². The number of hydrogen-bond acceptors (Lipinski definition) is 5. The largest absolute Gasteiger partial charge is 0.497 e. The molecular weight excluding hydrogens is 388 g/mol. The van der Waals surface area contributed by atoms with Crippen LogP contribution in [0.15, 0.2) is 24.3 Å². The van der Waals surface area contributed by atoms with Crippen LogP contribution < -0.4 is 9.64 Å². The summed E-state index contributed by atoms with van der Waals surface area (Å²) in [5, 5.41) is 11.4. The van der Waals surface area contributed by atoms with Gasteiger partial charge in [-0.05, 0) is 61.7 Å². The molecule has 5 aliphatic rings. The Morgan fingerprint density at radius 1 is 1.17 bits per heavy atom. The Balaban J connectivity index is 1.51. The third-order valence-electron chi connectivity index (χ3n) is 7.17. The predicted molar refractivity (Wildman–Crippen MR) is 113 cm³/mol. The van der Waals surface area contributed by atoms with Gasteiger partial charge in [0, 0.05) is 12.2 Å². The molecule has 0 unspecified atom stereocenters. The molecule has 1 N–H and O–H groups in total. The van der Waals surface area contributed by atoms with E-state index in [2.05, 4.69) is 9.80 Å². The van der Waals surface area contributed by atoms with Crippen molar-refractivity contribution in [3.8, 4) is 5.75 Å². The number of thiocarbonyl (C=S) groups is 1. The van der Waals surface area contributed by atoms with Crippen LogP contribution in [0, 0.1) is 11.8 Å². The highest BCUT2D eigenvalue weighted by Gasteiger charge is 2.63. The summed E-state index contributed by atoms with van der Waals surface area (Å²) in [6, 6.07) is 7.66. The van der Waals surface area contributed by atoms with E-state index in [0.717, 1.165) is 23.1 Å². The van der Waals surface area contributed by atoms with Gasteiger partial charge >= 0.3 is 5.97 Å². The quantitative estimate of drug-likeness (QED) is 0.598. The van der Waals surface area contributed by atoms with Gasteiger partial charge in [0.2, 0.25) is 0 Å². The van der Waals surface area contributed by atoms with E-state index in [1.807, 2.05) is 24.3 Å². The van der Waals surface area contributed by atoms with Gasteiger partial charge in [0.15, 0.2) is 5.11 Å². The van der Waals surface area contributed by atoms with E-state index in [0.29, 0.717) is 12.3 Å². The van der Waals surface area contributed by atoms with E-state index in [1.165, 1.54) is 32.1 Å². The van der Waals surface area contributed by atoms with Crippen molar-refractivity contribution in [3.63, 3.8) is 0 Å². The number of nitrogens with zero attached hydrogens (tertiary/aromatic N) is 2. The Labute approximate surface area is 176 Å². The molecule has 5 fully saturated rings. The number of methoxy groups -OCH3 is 1. The number of benzene rings is 1. The minimum absolute atomic E-state index is 0.0852. The first kappa shape index (κ1) is 19.1. The lowest BCUT2D eigenvalue weighted by Crippen LogP contribution is -2.66. The Hall–Kier alpha value is -1.86. The van der Waals surface area contributed by atoms with Crippen LogP contribution >= 0.6 is 12.2 Å². The van der Waals surface area contributed by atoms with Crippen molar-refractivity contribution in [2.24, 2.45) is 11.8 Å². The van der Waals surface area contributed by atoms with Crippen molar-refractivity contribution in [2.75, 3.05) is 18.6 Å². The number of esters is 1.